The van der Waals surface area contributed by atoms with E-state index in [0.717, 1.165) is 24.4 Å². The van der Waals surface area contributed by atoms with Gasteiger partial charge in [0.25, 0.3) is 0 Å². The summed E-state index contributed by atoms with van der Waals surface area (Å²) >= 11 is 0. The van der Waals surface area contributed by atoms with Crippen molar-refractivity contribution in [2.75, 3.05) is 26.2 Å². The van der Waals surface area contributed by atoms with Crippen LogP contribution in [0.2, 0.25) is 0 Å². The van der Waals surface area contributed by atoms with Gasteiger partial charge in [-0.1, -0.05) is 13.3 Å². The molecule has 2 heteroatoms. The lowest BCUT2D eigenvalue weighted by Crippen LogP contribution is -2.32. The van der Waals surface area contributed by atoms with Gasteiger partial charge in [0.2, 0.25) is 0 Å². The van der Waals surface area contributed by atoms with Crippen molar-refractivity contribution in [3.63, 3.8) is 0 Å². The molecule has 0 bridgehead atoms. The molecule has 2 nitrogen and oxygen atoms in total. The Morgan fingerprint density at radius 1 is 1.25 bits per heavy atom. The van der Waals surface area contributed by atoms with Crippen LogP contribution in [-0.4, -0.2) is 37.1 Å². The van der Waals surface area contributed by atoms with E-state index in [1.807, 2.05) is 0 Å². The highest BCUT2D eigenvalue weighted by Gasteiger charge is 2.37. The van der Waals surface area contributed by atoms with E-state index in [0.29, 0.717) is 0 Å². The molecule has 0 radical (unpaired) electrons. The predicted molar refractivity (Wildman–Crippen MR) is 69.6 cm³/mol. The van der Waals surface area contributed by atoms with Gasteiger partial charge in [0.1, 0.15) is 0 Å². The maximum Gasteiger partial charge on any atom is 0.00676 e. The molecule has 1 heterocycles. The average molecular weight is 224 g/mol. The summed E-state index contributed by atoms with van der Waals surface area (Å²) in [6.07, 6.45) is 7.21. The lowest BCUT2D eigenvalue weighted by molar-refractivity contribution is 0.225. The minimum Gasteiger partial charge on any atom is -0.317 e. The molecule has 0 aromatic heterocycles. The largest absolute Gasteiger partial charge is 0.317 e. The van der Waals surface area contributed by atoms with Crippen LogP contribution in [-0.2, 0) is 0 Å². The molecular weight excluding hydrogens is 196 g/mol. The monoisotopic (exact) mass is 224 g/mol. The molecule has 2 aliphatic rings. The van der Waals surface area contributed by atoms with Crippen LogP contribution in [0.25, 0.3) is 0 Å². The summed E-state index contributed by atoms with van der Waals surface area (Å²) in [5, 5.41) is 3.42. The van der Waals surface area contributed by atoms with E-state index in [1.165, 1.54) is 51.7 Å². The lowest BCUT2D eigenvalue weighted by Gasteiger charge is -2.25. The molecule has 0 aromatic carbocycles. The summed E-state index contributed by atoms with van der Waals surface area (Å²) in [5.41, 5.74) is 0. The summed E-state index contributed by atoms with van der Waals surface area (Å²) in [4.78, 5) is 2.75. The molecule has 3 atom stereocenters. The van der Waals surface area contributed by atoms with Crippen molar-refractivity contribution >= 4 is 0 Å². The van der Waals surface area contributed by atoms with E-state index in [4.69, 9.17) is 0 Å². The highest BCUT2D eigenvalue weighted by molar-refractivity contribution is 4.90. The van der Waals surface area contributed by atoms with Gasteiger partial charge in [0, 0.05) is 19.1 Å². The normalized spacial score (nSPS) is 31.9. The van der Waals surface area contributed by atoms with Gasteiger partial charge < -0.3 is 10.2 Å². The van der Waals surface area contributed by atoms with Crippen molar-refractivity contribution < 1.29 is 0 Å². The number of nitrogens with one attached hydrogen (secondary N) is 1. The Balaban J connectivity index is 1.64. The summed E-state index contributed by atoms with van der Waals surface area (Å²) in [7, 11) is 0. The first-order chi connectivity index (χ1) is 7.81. The van der Waals surface area contributed by atoms with Gasteiger partial charge in [-0.15, -0.1) is 0 Å². The van der Waals surface area contributed by atoms with E-state index >= 15 is 0 Å². The van der Waals surface area contributed by atoms with Crippen LogP contribution in [0.3, 0.4) is 0 Å². The molecule has 3 unspecified atom stereocenters. The fraction of sp³-hybridized carbons (Fsp3) is 1.00. The van der Waals surface area contributed by atoms with Crippen molar-refractivity contribution in [3.8, 4) is 0 Å². The van der Waals surface area contributed by atoms with Gasteiger partial charge in [-0.2, -0.15) is 0 Å². The molecule has 2 rings (SSSR count). The molecule has 1 aliphatic carbocycles. The van der Waals surface area contributed by atoms with Gasteiger partial charge >= 0.3 is 0 Å². The number of hydrogen-bond acceptors (Lipinski definition) is 2. The van der Waals surface area contributed by atoms with Gasteiger partial charge in [0.05, 0.1) is 0 Å². The Labute approximate surface area is 101 Å². The smallest absolute Gasteiger partial charge is 0.00676 e. The highest BCUT2D eigenvalue weighted by atomic mass is 15.2. The topological polar surface area (TPSA) is 15.3 Å². The minimum atomic E-state index is 0.809. The molecule has 2 fully saturated rings. The third kappa shape index (κ3) is 2.98. The SMILES string of the molecule is CCNCCCC(C)N1CC2CCCC2C1. The Kier molecular flexibility index (Phi) is 4.66. The maximum atomic E-state index is 3.42. The minimum absolute atomic E-state index is 0.809. The number of likely N-dealkylation sites (tertiary alicyclic amines) is 1. The molecule has 0 spiro atoms. The number of nitrogens with zero attached hydrogens (tertiary/aromatic N) is 1. The lowest BCUT2D eigenvalue weighted by atomic mass is 10.0. The molecule has 1 N–H and O–H groups in total. The van der Waals surface area contributed by atoms with Crippen molar-refractivity contribution in [3.05, 3.63) is 0 Å². The fourth-order valence-electron chi connectivity index (χ4n) is 3.51. The molecule has 16 heavy (non-hydrogen) atoms. The van der Waals surface area contributed by atoms with Crippen LogP contribution >= 0.6 is 0 Å². The highest BCUT2D eigenvalue weighted by Crippen LogP contribution is 2.38. The van der Waals surface area contributed by atoms with E-state index < -0.39 is 0 Å². The Bertz CT molecular complexity index is 193. The zero-order chi connectivity index (χ0) is 11.4. The van der Waals surface area contributed by atoms with Crippen molar-refractivity contribution in [1.29, 1.82) is 0 Å². The zero-order valence-corrected chi connectivity index (χ0v) is 11.0. The number of fused-ring (bicyclic) bond motifs is 1. The number of rotatable bonds is 6. The van der Waals surface area contributed by atoms with Crippen LogP contribution in [0.5, 0.6) is 0 Å². The quantitative estimate of drug-likeness (QED) is 0.697. The van der Waals surface area contributed by atoms with Crippen LogP contribution < -0.4 is 5.32 Å². The molecule has 0 amide bonds. The third-order valence-electron chi connectivity index (χ3n) is 4.60. The molecule has 0 aromatic rings. The first-order valence-electron chi connectivity index (χ1n) is 7.26. The second kappa shape index (κ2) is 6.02. The molecule has 1 aliphatic heterocycles. The van der Waals surface area contributed by atoms with E-state index in [9.17, 15) is 0 Å². The van der Waals surface area contributed by atoms with Crippen LogP contribution in [0.15, 0.2) is 0 Å². The van der Waals surface area contributed by atoms with Gasteiger partial charge in [0.15, 0.2) is 0 Å². The average Bonchev–Trinajstić information content (AvgIpc) is 2.83. The van der Waals surface area contributed by atoms with E-state index in [-0.39, 0.29) is 0 Å². The van der Waals surface area contributed by atoms with Crippen LogP contribution in [0, 0.1) is 11.8 Å². The predicted octanol–water partition coefficient (Wildman–Crippen LogP) is 2.50. The number of hydrogen-bond donors (Lipinski definition) is 1. The van der Waals surface area contributed by atoms with Crippen molar-refractivity contribution in [2.24, 2.45) is 11.8 Å². The summed E-state index contributed by atoms with van der Waals surface area (Å²) in [6, 6.07) is 0.809. The van der Waals surface area contributed by atoms with Crippen LogP contribution in [0.1, 0.15) is 46.0 Å². The third-order valence-corrected chi connectivity index (χ3v) is 4.60. The maximum absolute atomic E-state index is 3.42. The first kappa shape index (κ1) is 12.4. The summed E-state index contributed by atoms with van der Waals surface area (Å²) < 4.78 is 0. The Morgan fingerprint density at radius 2 is 1.94 bits per heavy atom. The Hall–Kier alpha value is -0.0800. The van der Waals surface area contributed by atoms with Crippen LogP contribution in [0.4, 0.5) is 0 Å². The fourth-order valence-corrected chi connectivity index (χ4v) is 3.51. The second-order valence-corrected chi connectivity index (χ2v) is 5.75. The van der Waals surface area contributed by atoms with E-state index in [1.54, 1.807) is 0 Å². The zero-order valence-electron chi connectivity index (χ0n) is 11.0. The van der Waals surface area contributed by atoms with Gasteiger partial charge in [-0.05, 0) is 57.5 Å². The standard InChI is InChI=1S/C14H28N2/c1-3-15-9-5-6-12(2)16-10-13-7-4-8-14(13)11-16/h12-15H,3-11H2,1-2H3. The Morgan fingerprint density at radius 3 is 2.56 bits per heavy atom. The molecule has 1 saturated carbocycles. The van der Waals surface area contributed by atoms with Crippen molar-refractivity contribution in [1.82, 2.24) is 10.2 Å². The summed E-state index contributed by atoms with van der Waals surface area (Å²) in [6.45, 7) is 9.71. The van der Waals surface area contributed by atoms with Gasteiger partial charge in [-0.25, -0.2) is 0 Å². The van der Waals surface area contributed by atoms with E-state index in [2.05, 4.69) is 24.1 Å². The summed E-state index contributed by atoms with van der Waals surface area (Å²) in [5.74, 6) is 2.10. The van der Waals surface area contributed by atoms with Crippen molar-refractivity contribution in [2.45, 2.75) is 52.0 Å². The molecule has 94 valence electrons. The van der Waals surface area contributed by atoms with Gasteiger partial charge in [-0.3, -0.25) is 0 Å². The molecular formula is C14H28N2. The molecule has 1 saturated heterocycles. The second-order valence-electron chi connectivity index (χ2n) is 5.75. The first-order valence-corrected chi connectivity index (χ1v) is 7.26.